The first-order chi connectivity index (χ1) is 36.2. The first-order valence-electron chi connectivity index (χ1n) is 28.3. The molecule has 4 fully saturated rings. The standard InChI is InChI=1S/C51H79NO13.C8H17NO2Si/c1-30-16-12-11-13-17-31(2)42(61-8)28-38-21-19-36(7)51(60,65-38)48(57)49(58)52-23-15-14-18-39(52)50(59)64-43(33(4)26-37-20-22-40(53)44(27-37)62-9)29-41(54)32(3)25-35(6)46(56)47(63-10)45(55)34(5)24-30;1-12(2,3)9-6-4-5-7(9)8(10)11/h11-13,16-17,25,30,32-34,36-40,42-44,46-47,53,56,60H,14-15,18-24,26-29H2,1-10H3;7H,4-6H2,1-3H3,(H,10,11)/b13-11?,16-12+,31-17?,35-25+;/t30-,32-,33-,34-,36-,37+,38+,39+,40-,42+,43+,44-,46-,47+,51-;/m1./s1. The van der Waals surface area contributed by atoms with Crippen LogP contribution in [0, 0.1) is 35.5 Å². The topological polar surface area (TPSA) is 236 Å². The van der Waals surface area contributed by atoms with Crippen molar-refractivity contribution in [2.75, 3.05) is 34.4 Å². The number of amides is 1. The number of aliphatic hydroxyl groups is 3. The van der Waals surface area contributed by atoms with Crippen molar-refractivity contribution in [2.24, 2.45) is 35.5 Å². The molecule has 0 aromatic carbocycles. The molecule has 436 valence electrons. The largest absolute Gasteiger partial charge is 0.480 e. The van der Waals surface area contributed by atoms with E-state index in [1.54, 1.807) is 41.1 Å². The van der Waals surface area contributed by atoms with E-state index < -0.39 is 98.1 Å². The van der Waals surface area contributed by atoms with Gasteiger partial charge in [0, 0.05) is 58.5 Å². The van der Waals surface area contributed by atoms with Crippen molar-refractivity contribution in [2.45, 2.75) is 219 Å². The lowest BCUT2D eigenvalue weighted by atomic mass is 9.78. The number of hydrogen-bond donors (Lipinski definition) is 4. The van der Waals surface area contributed by atoms with Gasteiger partial charge in [-0.3, -0.25) is 24.0 Å². The lowest BCUT2D eigenvalue weighted by Crippen LogP contribution is -2.61. The summed E-state index contributed by atoms with van der Waals surface area (Å²) in [6.45, 7) is 20.3. The van der Waals surface area contributed by atoms with Crippen LogP contribution in [0.2, 0.25) is 19.6 Å². The van der Waals surface area contributed by atoms with E-state index >= 15 is 0 Å². The summed E-state index contributed by atoms with van der Waals surface area (Å²) >= 11 is 0. The van der Waals surface area contributed by atoms with Gasteiger partial charge in [-0.25, -0.2) is 4.79 Å². The van der Waals surface area contributed by atoms with Crippen LogP contribution in [0.1, 0.15) is 138 Å². The number of rotatable bonds is 8. The number of nitrogens with zero attached hydrogens (tertiary/aromatic N) is 2. The minimum absolute atomic E-state index is 0.0193. The molecule has 0 aromatic rings. The molecule has 2 bridgehead atoms. The number of aliphatic hydroxyl groups excluding tert-OH is 2. The smallest absolute Gasteiger partial charge is 0.329 e. The molecule has 1 saturated carbocycles. The summed E-state index contributed by atoms with van der Waals surface area (Å²) in [4.78, 5) is 82.6. The minimum Gasteiger partial charge on any atom is -0.480 e. The molecule has 5 rings (SSSR count). The fraction of sp³-hybridized carbons (Fsp3) is 0.763. The van der Waals surface area contributed by atoms with E-state index in [-0.39, 0.29) is 60.9 Å². The first-order valence-corrected chi connectivity index (χ1v) is 31.8. The van der Waals surface area contributed by atoms with Crippen LogP contribution >= 0.6 is 0 Å². The number of hydrogen-bond acceptors (Lipinski definition) is 15. The van der Waals surface area contributed by atoms with Crippen LogP contribution in [0.3, 0.4) is 0 Å². The summed E-state index contributed by atoms with van der Waals surface area (Å²) < 4.78 is 31.6. The summed E-state index contributed by atoms with van der Waals surface area (Å²) in [6.07, 6.45) is 13.1. The molecule has 3 saturated heterocycles. The van der Waals surface area contributed by atoms with Gasteiger partial charge in [-0.15, -0.1) is 0 Å². The Kier molecular flexibility index (Phi) is 25.8. The van der Waals surface area contributed by atoms with E-state index in [0.717, 1.165) is 31.4 Å². The number of aliphatic carboxylic acids is 1. The Morgan fingerprint density at radius 3 is 2.16 bits per heavy atom. The molecule has 4 aliphatic heterocycles. The molecule has 18 heteroatoms. The molecule has 4 heterocycles. The number of carboxylic acids is 1. The molecule has 1 amide bonds. The van der Waals surface area contributed by atoms with Crippen LogP contribution in [0.25, 0.3) is 0 Å². The summed E-state index contributed by atoms with van der Waals surface area (Å²) in [6, 6.07) is -1.34. The van der Waals surface area contributed by atoms with Gasteiger partial charge in [-0.1, -0.05) is 90.7 Å². The number of esters is 1. The number of methoxy groups -OCH3 is 3. The number of allylic oxidation sites excluding steroid dienone is 6. The van der Waals surface area contributed by atoms with E-state index in [1.807, 2.05) is 58.1 Å². The number of cyclic esters (lactones) is 1. The number of fused-ring (bicyclic) bond motifs is 3. The predicted molar refractivity (Wildman–Crippen MR) is 296 cm³/mol. The Labute approximate surface area is 460 Å². The van der Waals surface area contributed by atoms with E-state index in [9.17, 15) is 44.1 Å². The van der Waals surface area contributed by atoms with Gasteiger partial charge >= 0.3 is 11.9 Å². The third-order valence-corrected chi connectivity index (χ3v) is 19.1. The van der Waals surface area contributed by atoms with Crippen molar-refractivity contribution in [1.29, 1.82) is 0 Å². The zero-order valence-electron chi connectivity index (χ0n) is 48.6. The third-order valence-electron chi connectivity index (χ3n) is 16.9. The summed E-state index contributed by atoms with van der Waals surface area (Å²) in [5.41, 5.74) is 1.27. The lowest BCUT2D eigenvalue weighted by Gasteiger charge is -2.42. The molecule has 77 heavy (non-hydrogen) atoms. The second-order valence-corrected chi connectivity index (χ2v) is 28.9. The van der Waals surface area contributed by atoms with Gasteiger partial charge in [0.2, 0.25) is 5.79 Å². The van der Waals surface area contributed by atoms with Gasteiger partial charge in [0.15, 0.2) is 5.78 Å². The maximum atomic E-state index is 14.4. The summed E-state index contributed by atoms with van der Waals surface area (Å²) in [5.74, 6) is -8.60. The lowest BCUT2D eigenvalue weighted by molar-refractivity contribution is -0.265. The molecule has 5 aliphatic rings. The van der Waals surface area contributed by atoms with Crippen LogP contribution in [0.15, 0.2) is 47.6 Å². The molecule has 1 aliphatic carbocycles. The van der Waals surface area contributed by atoms with Crippen molar-refractivity contribution in [3.05, 3.63) is 47.6 Å². The SMILES string of the molecule is CO[C@H]1C[C@@H]2CC[C@@H](C)[C@@](O)(O2)C(=O)C(=O)N2CCCC[C@H]2C(=O)O[C@H]([C@H](C)C[C@@H]2CC[C@@H](O)[C@H](OC)C2)CC(=O)[C@H](C)/C=C(\C)[C@@H](O)[C@@H](OC)C(=O)[C@H](C)C[C@H](C)/C=C/C=CC=C1C.C[Si](C)(C)N1CCCC1C(=O)O. The van der Waals surface area contributed by atoms with Gasteiger partial charge in [0.05, 0.1) is 24.4 Å². The Balaban J connectivity index is 0.000000936. The molecule has 0 radical (unpaired) electrons. The molecule has 0 spiro atoms. The maximum absolute atomic E-state index is 14.4. The number of piperidine rings is 1. The molecule has 0 aromatic heterocycles. The second-order valence-electron chi connectivity index (χ2n) is 24.0. The van der Waals surface area contributed by atoms with Crippen molar-refractivity contribution in [3.8, 4) is 0 Å². The van der Waals surface area contributed by atoms with Crippen molar-refractivity contribution >= 4 is 43.4 Å². The number of carboxylic acid groups (broad SMARTS) is 1. The van der Waals surface area contributed by atoms with Gasteiger partial charge in [-0.05, 0) is 126 Å². The monoisotopic (exact) mass is 1100 g/mol. The fourth-order valence-electron chi connectivity index (χ4n) is 11.9. The first kappa shape index (κ1) is 65.8. The Morgan fingerprint density at radius 2 is 1.53 bits per heavy atom. The van der Waals surface area contributed by atoms with E-state index in [1.165, 1.54) is 12.0 Å². The number of ether oxygens (including phenoxy) is 5. The molecule has 16 atom stereocenters. The summed E-state index contributed by atoms with van der Waals surface area (Å²) in [5, 5.41) is 42.8. The highest BCUT2D eigenvalue weighted by molar-refractivity contribution is 6.73. The highest BCUT2D eigenvalue weighted by Gasteiger charge is 2.53. The van der Waals surface area contributed by atoms with Gasteiger partial charge in [-0.2, -0.15) is 0 Å². The zero-order chi connectivity index (χ0) is 57.5. The van der Waals surface area contributed by atoms with Crippen LogP contribution in [0.4, 0.5) is 0 Å². The summed E-state index contributed by atoms with van der Waals surface area (Å²) in [7, 11) is 3.12. The fourth-order valence-corrected chi connectivity index (χ4v) is 13.9. The molecular weight excluding hydrogens is 1000 g/mol. The van der Waals surface area contributed by atoms with Crippen molar-refractivity contribution < 1.29 is 72.9 Å². The number of carbonyl (C=O) groups excluding carboxylic acids is 5. The van der Waals surface area contributed by atoms with Gasteiger partial charge in [0.25, 0.3) is 11.7 Å². The second kappa shape index (κ2) is 30.2. The zero-order valence-corrected chi connectivity index (χ0v) is 49.6. The van der Waals surface area contributed by atoms with E-state index in [2.05, 4.69) is 24.2 Å². The van der Waals surface area contributed by atoms with E-state index in [0.29, 0.717) is 63.4 Å². The van der Waals surface area contributed by atoms with Crippen molar-refractivity contribution in [3.63, 3.8) is 0 Å². The molecule has 4 N–H and O–H groups in total. The van der Waals surface area contributed by atoms with Crippen LogP contribution < -0.4 is 0 Å². The normalized spacial score (nSPS) is 37.1. The van der Waals surface area contributed by atoms with Crippen LogP contribution in [-0.2, 0) is 52.5 Å². The highest BCUT2D eigenvalue weighted by Crippen LogP contribution is 2.38. The average molecular weight is 1100 g/mol. The molecular formula is C59H96N2O15Si. The maximum Gasteiger partial charge on any atom is 0.329 e. The van der Waals surface area contributed by atoms with Gasteiger partial charge in [0.1, 0.15) is 44.4 Å². The Bertz CT molecular complexity index is 2120. The van der Waals surface area contributed by atoms with Crippen molar-refractivity contribution in [1.82, 2.24) is 9.47 Å². The van der Waals surface area contributed by atoms with E-state index in [4.69, 9.17) is 28.8 Å². The predicted octanol–water partition coefficient (Wildman–Crippen LogP) is 7.55. The average Bonchev–Trinajstić information content (AvgIpc) is 3.91. The molecule has 1 unspecified atom stereocenters. The quantitative estimate of drug-likeness (QED) is 0.0795. The van der Waals surface area contributed by atoms with Gasteiger partial charge < -0.3 is 53.6 Å². The third kappa shape index (κ3) is 18.1. The number of carbonyl (C=O) groups is 6. The highest BCUT2D eigenvalue weighted by atomic mass is 28.3. The molecule has 17 nitrogen and oxygen atoms in total. The number of Topliss-reactive ketones (excluding diaryl/α,β-unsaturated/α-hetero) is 3. The number of ketones is 3. The van der Waals surface area contributed by atoms with Crippen LogP contribution in [-0.4, -0.2) is 168 Å². The Morgan fingerprint density at radius 1 is 0.831 bits per heavy atom. The van der Waals surface area contributed by atoms with Crippen LogP contribution in [0.5, 0.6) is 0 Å². The Hall–Kier alpha value is -3.72. The minimum atomic E-state index is -2.43.